The van der Waals surface area contributed by atoms with Gasteiger partial charge in [0.2, 0.25) is 5.91 Å². The number of likely N-dealkylation sites (N-methyl/N-ethyl adjacent to an activating group) is 1. The summed E-state index contributed by atoms with van der Waals surface area (Å²) in [7, 11) is 1.71. The number of nitrogens with one attached hydrogen (secondary N) is 1. The van der Waals surface area contributed by atoms with Crippen molar-refractivity contribution in [1.82, 2.24) is 15.1 Å². The van der Waals surface area contributed by atoms with Crippen LogP contribution in [0.2, 0.25) is 0 Å². The molecule has 2 N–H and O–H groups in total. The smallest absolute Gasteiger partial charge is 0.253 e. The molecule has 6 heteroatoms. The lowest BCUT2D eigenvalue weighted by atomic mass is 10.0. The van der Waals surface area contributed by atoms with E-state index in [2.05, 4.69) is 41.1 Å². The molecule has 164 valence electrons. The molecule has 1 heterocycles. The number of β-amino-alcohol motifs (C(OH)–C–C–N with tert-alkyl or cyclic N) is 1. The van der Waals surface area contributed by atoms with Gasteiger partial charge in [0.15, 0.2) is 0 Å². The van der Waals surface area contributed by atoms with Crippen LogP contribution >= 0.6 is 0 Å². The fraction of sp³-hybridized carbons (Fsp3) is 0.360. The van der Waals surface area contributed by atoms with E-state index in [4.69, 9.17) is 0 Å². The van der Waals surface area contributed by atoms with Crippen LogP contribution in [0.4, 0.5) is 0 Å². The molecule has 0 saturated heterocycles. The van der Waals surface area contributed by atoms with Gasteiger partial charge in [0.05, 0.1) is 6.10 Å². The minimum absolute atomic E-state index is 0.135. The van der Waals surface area contributed by atoms with E-state index in [1.807, 2.05) is 12.1 Å². The minimum atomic E-state index is -0.608. The summed E-state index contributed by atoms with van der Waals surface area (Å²) in [5, 5.41) is 13.3. The number of aliphatic hydroxyl groups excluding tert-OH is 1. The highest BCUT2D eigenvalue weighted by molar-refractivity contribution is 5.94. The van der Waals surface area contributed by atoms with Crippen LogP contribution in [-0.4, -0.2) is 66.1 Å². The number of hydrogen-bond acceptors (Lipinski definition) is 4. The maximum atomic E-state index is 12.7. The van der Waals surface area contributed by atoms with Crippen molar-refractivity contribution < 1.29 is 14.7 Å². The molecule has 0 radical (unpaired) electrons. The van der Waals surface area contributed by atoms with Gasteiger partial charge in [0, 0.05) is 45.3 Å². The predicted octanol–water partition coefficient (Wildman–Crippen LogP) is 2.02. The predicted molar refractivity (Wildman–Crippen MR) is 122 cm³/mol. The van der Waals surface area contributed by atoms with Gasteiger partial charge in [-0.3, -0.25) is 9.59 Å². The second-order valence-corrected chi connectivity index (χ2v) is 8.03. The standard InChI is InChI=1S/C25H31N3O3/c1-3-24(30)26-16-19-8-10-22(11-9-19)25(31)27(2)17-23(29)18-28-14-12-20-6-4-5-7-21(20)13-15-28/h3-11,23,29H,1,12-18H2,2H3,(H,26,30). The highest BCUT2D eigenvalue weighted by atomic mass is 16.3. The first kappa shape index (κ1) is 22.7. The third-order valence-electron chi connectivity index (χ3n) is 5.67. The molecular weight excluding hydrogens is 390 g/mol. The first-order chi connectivity index (χ1) is 15.0. The van der Waals surface area contributed by atoms with E-state index in [0.29, 0.717) is 18.7 Å². The van der Waals surface area contributed by atoms with Crippen LogP contribution < -0.4 is 5.32 Å². The maximum absolute atomic E-state index is 12.7. The Hall–Kier alpha value is -2.96. The summed E-state index contributed by atoms with van der Waals surface area (Å²) < 4.78 is 0. The number of nitrogens with zero attached hydrogens (tertiary/aromatic N) is 2. The van der Waals surface area contributed by atoms with Gasteiger partial charge in [-0.1, -0.05) is 43.0 Å². The van der Waals surface area contributed by atoms with E-state index in [-0.39, 0.29) is 18.4 Å². The first-order valence-electron chi connectivity index (χ1n) is 10.7. The van der Waals surface area contributed by atoms with Gasteiger partial charge in [-0.2, -0.15) is 0 Å². The highest BCUT2D eigenvalue weighted by Crippen LogP contribution is 2.16. The first-order valence-corrected chi connectivity index (χ1v) is 10.7. The van der Waals surface area contributed by atoms with E-state index < -0.39 is 6.10 Å². The van der Waals surface area contributed by atoms with Crippen LogP contribution in [-0.2, 0) is 24.2 Å². The van der Waals surface area contributed by atoms with Crippen LogP contribution in [0.3, 0.4) is 0 Å². The van der Waals surface area contributed by atoms with E-state index >= 15 is 0 Å². The summed E-state index contributed by atoms with van der Waals surface area (Å²) in [5.41, 5.74) is 4.23. The Kier molecular flexibility index (Phi) is 7.98. The molecule has 2 amide bonds. The quantitative estimate of drug-likeness (QED) is 0.640. The molecule has 0 fully saturated rings. The number of amides is 2. The SMILES string of the molecule is C=CC(=O)NCc1ccc(C(=O)N(C)CC(O)CN2CCc3ccccc3CC2)cc1. The molecule has 3 rings (SSSR count). The third-order valence-corrected chi connectivity index (χ3v) is 5.67. The average Bonchev–Trinajstić information content (AvgIpc) is 2.99. The number of benzene rings is 2. The summed E-state index contributed by atoms with van der Waals surface area (Å²) >= 11 is 0. The molecule has 2 aromatic rings. The summed E-state index contributed by atoms with van der Waals surface area (Å²) in [6, 6.07) is 15.6. The summed E-state index contributed by atoms with van der Waals surface area (Å²) in [5.74, 6) is -0.369. The zero-order valence-electron chi connectivity index (χ0n) is 18.1. The molecule has 0 aliphatic carbocycles. The van der Waals surface area contributed by atoms with E-state index in [9.17, 15) is 14.7 Å². The molecule has 31 heavy (non-hydrogen) atoms. The van der Waals surface area contributed by atoms with Crippen LogP contribution in [0.25, 0.3) is 0 Å². The Labute approximate surface area is 184 Å². The molecular formula is C25H31N3O3. The van der Waals surface area contributed by atoms with Crippen molar-refractivity contribution in [2.24, 2.45) is 0 Å². The monoisotopic (exact) mass is 421 g/mol. The number of aliphatic hydroxyl groups is 1. The van der Waals surface area contributed by atoms with Gasteiger partial charge in [0.25, 0.3) is 5.91 Å². The van der Waals surface area contributed by atoms with Crippen molar-refractivity contribution in [3.63, 3.8) is 0 Å². The molecule has 0 spiro atoms. The van der Waals surface area contributed by atoms with Crippen molar-refractivity contribution in [1.29, 1.82) is 0 Å². The van der Waals surface area contributed by atoms with Crippen LogP contribution in [0.5, 0.6) is 0 Å². The second-order valence-electron chi connectivity index (χ2n) is 8.03. The molecule has 1 atom stereocenters. The van der Waals surface area contributed by atoms with Gasteiger partial charge in [-0.15, -0.1) is 0 Å². The molecule has 6 nitrogen and oxygen atoms in total. The number of carbonyl (C=O) groups excluding carboxylic acids is 2. The molecule has 0 aromatic heterocycles. The maximum Gasteiger partial charge on any atom is 0.253 e. The van der Waals surface area contributed by atoms with Gasteiger partial charge in [-0.05, 0) is 47.7 Å². The number of rotatable bonds is 8. The van der Waals surface area contributed by atoms with Crippen molar-refractivity contribution >= 4 is 11.8 Å². The van der Waals surface area contributed by atoms with Crippen LogP contribution in [0.15, 0.2) is 61.2 Å². The lowest BCUT2D eigenvalue weighted by Crippen LogP contribution is -2.41. The number of hydrogen-bond donors (Lipinski definition) is 2. The van der Waals surface area contributed by atoms with Gasteiger partial charge in [-0.25, -0.2) is 0 Å². The Bertz CT molecular complexity index is 883. The van der Waals surface area contributed by atoms with Gasteiger partial charge in [0.1, 0.15) is 0 Å². The number of fused-ring (bicyclic) bond motifs is 1. The summed E-state index contributed by atoms with van der Waals surface area (Å²) in [6.07, 6.45) is 2.58. The Morgan fingerprint density at radius 3 is 2.32 bits per heavy atom. The molecule has 2 aromatic carbocycles. The molecule has 1 aliphatic heterocycles. The van der Waals surface area contributed by atoms with Crippen molar-refractivity contribution in [3.05, 3.63) is 83.4 Å². The summed E-state index contributed by atoms with van der Waals surface area (Å²) in [6.45, 7) is 6.45. The average molecular weight is 422 g/mol. The third kappa shape index (κ3) is 6.51. The minimum Gasteiger partial charge on any atom is -0.390 e. The van der Waals surface area contributed by atoms with Crippen LogP contribution in [0, 0.1) is 0 Å². The normalized spacial score (nSPS) is 14.8. The summed E-state index contributed by atoms with van der Waals surface area (Å²) in [4.78, 5) is 27.8. The Balaban J connectivity index is 1.48. The Morgan fingerprint density at radius 2 is 1.74 bits per heavy atom. The topological polar surface area (TPSA) is 72.9 Å². The fourth-order valence-electron chi connectivity index (χ4n) is 3.90. The molecule has 0 bridgehead atoms. The number of carbonyl (C=O) groups is 2. The van der Waals surface area contributed by atoms with Gasteiger partial charge >= 0.3 is 0 Å². The van der Waals surface area contributed by atoms with E-state index in [0.717, 1.165) is 31.5 Å². The second kappa shape index (κ2) is 10.9. The van der Waals surface area contributed by atoms with Crippen LogP contribution in [0.1, 0.15) is 27.0 Å². The van der Waals surface area contributed by atoms with E-state index in [1.165, 1.54) is 17.2 Å². The lowest BCUT2D eigenvalue weighted by molar-refractivity contribution is -0.116. The molecule has 0 saturated carbocycles. The zero-order chi connectivity index (χ0) is 22.2. The fourth-order valence-corrected chi connectivity index (χ4v) is 3.90. The van der Waals surface area contributed by atoms with E-state index in [1.54, 1.807) is 24.1 Å². The van der Waals surface area contributed by atoms with Gasteiger partial charge < -0.3 is 20.2 Å². The molecule has 1 aliphatic rings. The lowest BCUT2D eigenvalue weighted by Gasteiger charge is -2.26. The largest absolute Gasteiger partial charge is 0.390 e. The highest BCUT2D eigenvalue weighted by Gasteiger charge is 2.20. The molecule has 1 unspecified atom stereocenters. The van der Waals surface area contributed by atoms with Crippen molar-refractivity contribution in [2.75, 3.05) is 33.2 Å². The van der Waals surface area contributed by atoms with Crippen molar-refractivity contribution in [2.45, 2.75) is 25.5 Å². The zero-order valence-corrected chi connectivity index (χ0v) is 18.1. The van der Waals surface area contributed by atoms with Crippen molar-refractivity contribution in [3.8, 4) is 0 Å². The Morgan fingerprint density at radius 1 is 1.13 bits per heavy atom.